The molecule has 0 unspecified atom stereocenters. The summed E-state index contributed by atoms with van der Waals surface area (Å²) in [7, 11) is 0. The van der Waals surface area contributed by atoms with Crippen molar-refractivity contribution in [3.8, 4) is 0 Å². The molecule has 0 N–H and O–H groups in total. The van der Waals surface area contributed by atoms with Crippen LogP contribution in [-0.4, -0.2) is 47.8 Å². The summed E-state index contributed by atoms with van der Waals surface area (Å²) >= 11 is 0. The highest BCUT2D eigenvalue weighted by atomic mass is 19.1. The zero-order chi connectivity index (χ0) is 17.6. The van der Waals surface area contributed by atoms with Crippen molar-refractivity contribution in [3.63, 3.8) is 0 Å². The van der Waals surface area contributed by atoms with Gasteiger partial charge in [0.1, 0.15) is 5.82 Å². The average molecular weight is 344 g/mol. The first-order chi connectivity index (χ1) is 12.1. The van der Waals surface area contributed by atoms with Gasteiger partial charge in [-0.1, -0.05) is 37.1 Å². The minimum atomic E-state index is -0.266. The largest absolute Gasteiger partial charge is 0.339 e. The highest BCUT2D eigenvalue weighted by Crippen LogP contribution is 2.27. The number of carbonyl (C=O) groups is 2. The van der Waals surface area contributed by atoms with E-state index in [0.717, 1.165) is 31.2 Å². The number of rotatable bonds is 4. The molecule has 0 aromatic heterocycles. The fourth-order valence-electron chi connectivity index (χ4n) is 3.61. The van der Waals surface area contributed by atoms with E-state index in [-0.39, 0.29) is 23.5 Å². The molecule has 2 aliphatic rings. The molecule has 0 bridgehead atoms. The van der Waals surface area contributed by atoms with Crippen LogP contribution in [0.15, 0.2) is 30.3 Å². The Kier molecular flexibility index (Phi) is 5.84. The fourth-order valence-corrected chi connectivity index (χ4v) is 3.61. The van der Waals surface area contributed by atoms with Gasteiger partial charge in [-0.2, -0.15) is 0 Å². The predicted molar refractivity (Wildman–Crippen MR) is 95.2 cm³/mol. The van der Waals surface area contributed by atoms with Crippen LogP contribution in [0.4, 0.5) is 4.39 Å². The van der Waals surface area contributed by atoms with Crippen molar-refractivity contribution in [1.82, 2.24) is 9.80 Å². The quantitative estimate of drug-likeness (QED) is 0.842. The normalized spacial score (nSPS) is 18.9. The third kappa shape index (κ3) is 4.68. The van der Waals surface area contributed by atoms with E-state index in [9.17, 15) is 14.0 Å². The number of halogens is 1. The summed E-state index contributed by atoms with van der Waals surface area (Å²) in [6, 6.07) is 6.18. The van der Waals surface area contributed by atoms with Crippen LogP contribution < -0.4 is 0 Å². The monoisotopic (exact) mass is 344 g/mol. The van der Waals surface area contributed by atoms with Gasteiger partial charge >= 0.3 is 0 Å². The molecule has 1 aliphatic heterocycles. The van der Waals surface area contributed by atoms with Crippen LogP contribution in [0, 0.1) is 11.7 Å². The first kappa shape index (κ1) is 17.6. The SMILES string of the molecule is O=C(CC=Cc1ccc(F)cc1)N1CCN(C(=O)C2CCCC2)CC1. The first-order valence-corrected chi connectivity index (χ1v) is 9.12. The molecule has 4 nitrogen and oxygen atoms in total. The van der Waals surface area contributed by atoms with Gasteiger partial charge in [0.15, 0.2) is 0 Å². The Bertz CT molecular complexity index is 628. The first-order valence-electron chi connectivity index (χ1n) is 9.12. The van der Waals surface area contributed by atoms with E-state index >= 15 is 0 Å². The Balaban J connectivity index is 1.43. The van der Waals surface area contributed by atoms with E-state index in [1.165, 1.54) is 12.1 Å². The van der Waals surface area contributed by atoms with Gasteiger partial charge in [0.05, 0.1) is 0 Å². The maximum atomic E-state index is 12.9. The predicted octanol–water partition coefficient (Wildman–Crippen LogP) is 3.09. The summed E-state index contributed by atoms with van der Waals surface area (Å²) in [5.74, 6) is 0.297. The number of carbonyl (C=O) groups excluding carboxylic acids is 2. The number of amides is 2. The van der Waals surface area contributed by atoms with E-state index in [0.29, 0.717) is 32.6 Å². The van der Waals surface area contributed by atoms with Crippen molar-refractivity contribution < 1.29 is 14.0 Å². The molecule has 3 rings (SSSR count). The molecular weight excluding hydrogens is 319 g/mol. The number of nitrogens with zero attached hydrogens (tertiary/aromatic N) is 2. The zero-order valence-corrected chi connectivity index (χ0v) is 14.5. The van der Waals surface area contributed by atoms with Gasteiger partial charge in [0, 0.05) is 38.5 Å². The van der Waals surface area contributed by atoms with E-state index in [1.54, 1.807) is 12.1 Å². The lowest BCUT2D eigenvalue weighted by atomic mass is 10.1. The standard InChI is InChI=1S/C20H25FN2O2/c21-18-10-8-16(9-11-18)4-3-7-19(24)22-12-14-23(15-13-22)20(25)17-5-1-2-6-17/h3-4,8-11,17H,1-2,5-7,12-15H2. The van der Waals surface area contributed by atoms with Crippen LogP contribution in [0.2, 0.25) is 0 Å². The Hall–Kier alpha value is -2.17. The lowest BCUT2D eigenvalue weighted by molar-refractivity contribution is -0.141. The maximum absolute atomic E-state index is 12.9. The Morgan fingerprint density at radius 3 is 2.24 bits per heavy atom. The lowest BCUT2D eigenvalue weighted by Crippen LogP contribution is -2.51. The molecule has 1 aliphatic carbocycles. The van der Waals surface area contributed by atoms with E-state index in [1.807, 2.05) is 22.0 Å². The van der Waals surface area contributed by atoms with Crippen LogP contribution >= 0.6 is 0 Å². The molecule has 1 saturated heterocycles. The molecule has 5 heteroatoms. The van der Waals surface area contributed by atoms with Crippen LogP contribution in [0.25, 0.3) is 6.08 Å². The molecule has 25 heavy (non-hydrogen) atoms. The maximum Gasteiger partial charge on any atom is 0.226 e. The van der Waals surface area contributed by atoms with Gasteiger partial charge in [-0.15, -0.1) is 0 Å². The molecule has 1 aromatic carbocycles. The van der Waals surface area contributed by atoms with Gasteiger partial charge in [-0.25, -0.2) is 4.39 Å². The zero-order valence-electron chi connectivity index (χ0n) is 14.5. The summed E-state index contributed by atoms with van der Waals surface area (Å²) in [5, 5.41) is 0. The summed E-state index contributed by atoms with van der Waals surface area (Å²) < 4.78 is 12.9. The molecular formula is C20H25FN2O2. The summed E-state index contributed by atoms with van der Waals surface area (Å²) in [6.45, 7) is 2.51. The number of hydrogen-bond acceptors (Lipinski definition) is 2. The highest BCUT2D eigenvalue weighted by Gasteiger charge is 2.30. The van der Waals surface area contributed by atoms with Gasteiger partial charge in [-0.05, 0) is 30.5 Å². The third-order valence-electron chi connectivity index (χ3n) is 5.12. The average Bonchev–Trinajstić information content (AvgIpc) is 3.17. The van der Waals surface area contributed by atoms with Gasteiger partial charge in [0.25, 0.3) is 0 Å². The van der Waals surface area contributed by atoms with Crippen molar-refractivity contribution in [2.45, 2.75) is 32.1 Å². The van der Waals surface area contributed by atoms with Crippen molar-refractivity contribution in [2.24, 2.45) is 5.92 Å². The van der Waals surface area contributed by atoms with Gasteiger partial charge in [-0.3, -0.25) is 9.59 Å². The van der Waals surface area contributed by atoms with Crippen LogP contribution in [-0.2, 0) is 9.59 Å². The van der Waals surface area contributed by atoms with E-state index < -0.39 is 0 Å². The second-order valence-electron chi connectivity index (χ2n) is 6.85. The fraction of sp³-hybridized carbons (Fsp3) is 0.500. The number of hydrogen-bond donors (Lipinski definition) is 0. The molecule has 2 fully saturated rings. The van der Waals surface area contributed by atoms with E-state index in [4.69, 9.17) is 0 Å². The molecule has 1 aromatic rings. The van der Waals surface area contributed by atoms with Crippen molar-refractivity contribution in [1.29, 1.82) is 0 Å². The second kappa shape index (κ2) is 8.28. The molecule has 0 radical (unpaired) electrons. The molecule has 0 spiro atoms. The molecule has 1 saturated carbocycles. The minimum Gasteiger partial charge on any atom is -0.339 e. The highest BCUT2D eigenvalue weighted by molar-refractivity contribution is 5.81. The summed E-state index contributed by atoms with van der Waals surface area (Å²) in [6.07, 6.45) is 8.33. The lowest BCUT2D eigenvalue weighted by Gasteiger charge is -2.36. The van der Waals surface area contributed by atoms with Crippen molar-refractivity contribution in [2.75, 3.05) is 26.2 Å². The van der Waals surface area contributed by atoms with E-state index in [2.05, 4.69) is 0 Å². The Labute approximate surface area is 148 Å². The number of benzene rings is 1. The number of piperazine rings is 1. The second-order valence-corrected chi connectivity index (χ2v) is 6.85. The molecule has 134 valence electrons. The van der Waals surface area contributed by atoms with Gasteiger partial charge in [0.2, 0.25) is 11.8 Å². The summed E-state index contributed by atoms with van der Waals surface area (Å²) in [5.41, 5.74) is 0.876. The van der Waals surface area contributed by atoms with Crippen molar-refractivity contribution in [3.05, 3.63) is 41.7 Å². The molecule has 2 amide bonds. The smallest absolute Gasteiger partial charge is 0.226 e. The minimum absolute atomic E-state index is 0.0753. The van der Waals surface area contributed by atoms with Crippen LogP contribution in [0.3, 0.4) is 0 Å². The summed E-state index contributed by atoms with van der Waals surface area (Å²) in [4.78, 5) is 28.5. The third-order valence-corrected chi connectivity index (χ3v) is 5.12. The van der Waals surface area contributed by atoms with Crippen molar-refractivity contribution >= 4 is 17.9 Å². The van der Waals surface area contributed by atoms with Crippen LogP contribution in [0.1, 0.15) is 37.7 Å². The Morgan fingerprint density at radius 1 is 1.00 bits per heavy atom. The van der Waals surface area contributed by atoms with Gasteiger partial charge < -0.3 is 9.80 Å². The van der Waals surface area contributed by atoms with Crippen LogP contribution in [0.5, 0.6) is 0 Å². The topological polar surface area (TPSA) is 40.6 Å². The Morgan fingerprint density at radius 2 is 1.60 bits per heavy atom. The molecule has 1 heterocycles. The molecule has 0 atom stereocenters.